The maximum Gasteiger partial charge on any atom is 0.416 e. The molecular formula is C22H12ClF3N2O2. The Morgan fingerprint density at radius 2 is 1.73 bits per heavy atom. The van der Waals surface area contributed by atoms with Crippen LogP contribution in [0.25, 0.3) is 22.3 Å². The lowest BCUT2D eigenvalue weighted by Gasteiger charge is -2.18. The van der Waals surface area contributed by atoms with Crippen LogP contribution in [0.5, 0.6) is 0 Å². The van der Waals surface area contributed by atoms with Gasteiger partial charge in [-0.2, -0.15) is 13.2 Å². The topological polar surface area (TPSA) is 44.0 Å². The number of para-hydroxylation sites is 1. The molecule has 0 N–H and O–H groups in total. The Balaban J connectivity index is 1.82. The molecule has 0 amide bonds. The molecule has 2 aromatic heterocycles. The van der Waals surface area contributed by atoms with Crippen molar-refractivity contribution in [2.75, 3.05) is 0 Å². The van der Waals surface area contributed by atoms with E-state index >= 15 is 0 Å². The number of hydrogen-bond acceptors (Lipinski definition) is 2. The summed E-state index contributed by atoms with van der Waals surface area (Å²) in [6.07, 6.45) is -2.96. The fourth-order valence-corrected chi connectivity index (χ4v) is 4.12. The summed E-state index contributed by atoms with van der Waals surface area (Å²) in [5.74, 6) is -0.454. The molecule has 0 atom stereocenters. The number of fused-ring (bicyclic) bond motifs is 4. The summed E-state index contributed by atoms with van der Waals surface area (Å²) in [6.45, 7) is -0.0374. The highest BCUT2D eigenvalue weighted by molar-refractivity contribution is 6.31. The lowest BCUT2D eigenvalue weighted by molar-refractivity contribution is -0.137. The number of aromatic nitrogens is 2. The van der Waals surface area contributed by atoms with Crippen molar-refractivity contribution in [3.63, 3.8) is 0 Å². The van der Waals surface area contributed by atoms with E-state index in [-0.39, 0.29) is 22.7 Å². The van der Waals surface area contributed by atoms with Crippen LogP contribution in [0.1, 0.15) is 21.5 Å². The summed E-state index contributed by atoms with van der Waals surface area (Å²) in [5.41, 5.74) is 0.427. The third kappa shape index (κ3) is 2.62. The maximum atomic E-state index is 13.2. The Labute approximate surface area is 172 Å². The van der Waals surface area contributed by atoms with Crippen LogP contribution in [0.3, 0.4) is 0 Å². The number of nitrogens with zero attached hydrogens (tertiary/aromatic N) is 2. The first-order chi connectivity index (χ1) is 14.3. The zero-order chi connectivity index (χ0) is 21.2. The van der Waals surface area contributed by atoms with Gasteiger partial charge in [-0.25, -0.2) is 0 Å². The van der Waals surface area contributed by atoms with Gasteiger partial charge in [0, 0.05) is 23.2 Å². The Morgan fingerprint density at radius 1 is 0.967 bits per heavy atom. The first-order valence-electron chi connectivity index (χ1n) is 9.01. The molecule has 1 aliphatic heterocycles. The average molecular weight is 429 g/mol. The minimum absolute atomic E-state index is 0.00685. The third-order valence-electron chi connectivity index (χ3n) is 5.30. The van der Waals surface area contributed by atoms with E-state index in [1.54, 1.807) is 47.2 Å². The summed E-state index contributed by atoms with van der Waals surface area (Å²) in [5, 5.41) is 0.484. The van der Waals surface area contributed by atoms with Gasteiger partial charge >= 0.3 is 6.18 Å². The lowest BCUT2D eigenvalue weighted by Crippen LogP contribution is -2.20. The molecule has 8 heteroatoms. The van der Waals surface area contributed by atoms with Crippen LogP contribution in [0.2, 0.25) is 5.02 Å². The number of benzene rings is 2. The number of carbonyl (C=O) groups is 1. The van der Waals surface area contributed by atoms with Gasteiger partial charge in [0.1, 0.15) is 5.56 Å². The molecule has 0 saturated heterocycles. The van der Waals surface area contributed by atoms with Crippen LogP contribution >= 0.6 is 11.6 Å². The first kappa shape index (κ1) is 18.7. The van der Waals surface area contributed by atoms with Crippen molar-refractivity contribution in [1.82, 2.24) is 9.13 Å². The average Bonchev–Trinajstić information content (AvgIpc) is 3.28. The van der Waals surface area contributed by atoms with Crippen molar-refractivity contribution >= 4 is 28.4 Å². The zero-order valence-corrected chi connectivity index (χ0v) is 16.0. The van der Waals surface area contributed by atoms with Gasteiger partial charge in [-0.3, -0.25) is 14.2 Å². The van der Waals surface area contributed by atoms with Crippen LogP contribution in [0, 0.1) is 0 Å². The highest BCUT2D eigenvalue weighted by Gasteiger charge is 2.34. The summed E-state index contributed by atoms with van der Waals surface area (Å²) in [7, 11) is 0. The summed E-state index contributed by atoms with van der Waals surface area (Å²) in [4.78, 5) is 25.9. The minimum atomic E-state index is -4.52. The van der Waals surface area contributed by atoms with E-state index in [9.17, 15) is 22.8 Å². The second-order valence-corrected chi connectivity index (χ2v) is 7.44. The van der Waals surface area contributed by atoms with Gasteiger partial charge < -0.3 is 4.57 Å². The third-order valence-corrected chi connectivity index (χ3v) is 5.67. The summed E-state index contributed by atoms with van der Waals surface area (Å²) < 4.78 is 42.7. The second-order valence-electron chi connectivity index (χ2n) is 7.03. The van der Waals surface area contributed by atoms with Gasteiger partial charge in [0.05, 0.1) is 22.5 Å². The van der Waals surface area contributed by atoms with E-state index in [0.717, 1.165) is 12.1 Å². The molecule has 0 spiro atoms. The van der Waals surface area contributed by atoms with Gasteiger partial charge in [0.25, 0.3) is 5.91 Å². The van der Waals surface area contributed by atoms with Gasteiger partial charge in [0.15, 0.2) is 0 Å². The molecule has 5 rings (SSSR count). The molecule has 1 aliphatic rings. The Morgan fingerprint density at radius 3 is 2.50 bits per heavy atom. The molecule has 2 aromatic carbocycles. The first-order valence-corrected chi connectivity index (χ1v) is 9.39. The van der Waals surface area contributed by atoms with Gasteiger partial charge in [-0.1, -0.05) is 23.7 Å². The highest BCUT2D eigenvalue weighted by Crippen LogP contribution is 2.36. The molecule has 0 bridgehead atoms. The molecule has 0 unspecified atom stereocenters. The van der Waals surface area contributed by atoms with Crippen LogP contribution in [0.15, 0.2) is 65.6 Å². The Bertz CT molecular complexity index is 1420. The number of carbonyl (C=O) groups excluding carboxylic acids is 1. The molecule has 4 aromatic rings. The number of alkyl halides is 3. The SMILES string of the molecule is O=C1c2c(n(Cc3cc(C(F)(F)F)ccc3Cl)c3ccccc3c2=O)-c2cccn21. The number of halogens is 4. The highest BCUT2D eigenvalue weighted by atomic mass is 35.5. The fourth-order valence-electron chi connectivity index (χ4n) is 3.94. The predicted octanol–water partition coefficient (Wildman–Crippen LogP) is 5.19. The molecular weight excluding hydrogens is 417 g/mol. The Hall–Kier alpha value is -3.32. The molecule has 0 fully saturated rings. The van der Waals surface area contributed by atoms with Gasteiger partial charge in [-0.05, 0) is 48.0 Å². The van der Waals surface area contributed by atoms with Gasteiger partial charge in [0.2, 0.25) is 5.43 Å². The fraction of sp³-hybridized carbons (Fsp3) is 0.0909. The number of rotatable bonds is 2. The number of pyridine rings is 1. The quantitative estimate of drug-likeness (QED) is 0.388. The maximum absolute atomic E-state index is 13.2. The van der Waals surface area contributed by atoms with Crippen LogP contribution in [-0.4, -0.2) is 15.0 Å². The smallest absolute Gasteiger partial charge is 0.334 e. The van der Waals surface area contributed by atoms with Crippen molar-refractivity contribution in [2.24, 2.45) is 0 Å². The zero-order valence-electron chi connectivity index (χ0n) is 15.2. The Kier molecular flexibility index (Phi) is 3.95. The second kappa shape index (κ2) is 6.34. The molecule has 0 saturated carbocycles. The van der Waals surface area contributed by atoms with E-state index in [0.29, 0.717) is 22.3 Å². The molecule has 0 radical (unpaired) electrons. The van der Waals surface area contributed by atoms with E-state index in [1.807, 2.05) is 0 Å². The van der Waals surface area contributed by atoms with Crippen LogP contribution in [-0.2, 0) is 12.7 Å². The van der Waals surface area contributed by atoms with Crippen molar-refractivity contribution < 1.29 is 18.0 Å². The predicted molar refractivity (Wildman–Crippen MR) is 107 cm³/mol. The molecule has 3 heterocycles. The van der Waals surface area contributed by atoms with Crippen molar-refractivity contribution in [3.05, 3.63) is 92.7 Å². The standard InChI is InChI=1S/C22H12ClF3N2O2/c23-15-8-7-13(22(24,25)26)10-12(15)11-28-16-5-2-1-4-14(16)20(29)18-19(28)17-6-3-9-27(17)21(18)30/h1-10H,11H2. The normalized spacial score (nSPS) is 13.0. The molecule has 0 aliphatic carbocycles. The van der Waals surface area contributed by atoms with E-state index in [4.69, 9.17) is 11.6 Å². The van der Waals surface area contributed by atoms with Crippen molar-refractivity contribution in [2.45, 2.75) is 12.7 Å². The summed E-state index contributed by atoms with van der Waals surface area (Å²) in [6, 6.07) is 13.2. The molecule has 150 valence electrons. The summed E-state index contributed by atoms with van der Waals surface area (Å²) >= 11 is 6.22. The van der Waals surface area contributed by atoms with E-state index in [1.165, 1.54) is 10.6 Å². The molecule has 30 heavy (non-hydrogen) atoms. The van der Waals surface area contributed by atoms with Crippen LogP contribution in [0.4, 0.5) is 13.2 Å². The lowest BCUT2D eigenvalue weighted by atomic mass is 10.0. The number of hydrogen-bond donors (Lipinski definition) is 0. The largest absolute Gasteiger partial charge is 0.416 e. The van der Waals surface area contributed by atoms with Gasteiger partial charge in [-0.15, -0.1) is 0 Å². The van der Waals surface area contributed by atoms with Crippen molar-refractivity contribution in [1.29, 1.82) is 0 Å². The monoisotopic (exact) mass is 428 g/mol. The minimum Gasteiger partial charge on any atom is -0.334 e. The van der Waals surface area contributed by atoms with Crippen molar-refractivity contribution in [3.8, 4) is 11.4 Å². The van der Waals surface area contributed by atoms with E-state index in [2.05, 4.69) is 0 Å². The molecule has 4 nitrogen and oxygen atoms in total. The van der Waals surface area contributed by atoms with E-state index < -0.39 is 23.1 Å². The van der Waals surface area contributed by atoms with Crippen LogP contribution < -0.4 is 5.43 Å².